The first-order chi connectivity index (χ1) is 4.24. The largest absolute Gasteiger partial charge is 0 e. The summed E-state index contributed by atoms with van der Waals surface area (Å²) >= 11 is 0. The van der Waals surface area contributed by atoms with Gasteiger partial charge in [0.15, 0.2) is 0 Å². The van der Waals surface area contributed by atoms with E-state index in [2.05, 4.69) is 0 Å². The molecule has 0 rings (SSSR count). The van der Waals surface area contributed by atoms with E-state index in [0.717, 1.165) is 0 Å². The smallest absolute Gasteiger partial charge is 0 e. The van der Waals surface area contributed by atoms with Crippen molar-refractivity contribution >= 4 is 22.1 Å². The number of hydrogen-bond acceptors (Lipinski definition) is 6. The molecule has 0 atom stereocenters. The summed E-state index contributed by atoms with van der Waals surface area (Å²) in [5, 5.41) is 24.8. The van der Waals surface area contributed by atoms with Crippen LogP contribution < -0.4 is 15.1 Å². The van der Waals surface area contributed by atoms with Gasteiger partial charge in [-0.3, -0.25) is 0 Å². The van der Waals surface area contributed by atoms with Gasteiger partial charge in [-0.05, 0) is 0 Å². The maximum absolute atomic E-state index is 8.25. The molecule has 0 aromatic carbocycles. The maximum Gasteiger partial charge on any atom is 0 e. The van der Waals surface area contributed by atoms with Gasteiger partial charge in [-0.1, -0.05) is 0 Å². The van der Waals surface area contributed by atoms with Crippen LogP contribution in [0.5, 0.6) is 0 Å². The van der Waals surface area contributed by atoms with Crippen LogP contribution in [0.2, 0.25) is 0 Å². The van der Waals surface area contributed by atoms with Gasteiger partial charge in [0.25, 0.3) is 0 Å². The molecule has 0 amide bonds. The van der Waals surface area contributed by atoms with E-state index >= 15 is 0 Å². The standard InChI is InChI=1S/3BO2.V/c3*2-1-3;/q3*-1;. The van der Waals surface area contributed by atoms with Crippen LogP contribution in [0.15, 0.2) is 0 Å². The first-order valence-corrected chi connectivity index (χ1v) is 1.41. The van der Waals surface area contributed by atoms with Crippen molar-refractivity contribution in [3.8, 4) is 0 Å². The van der Waals surface area contributed by atoms with Gasteiger partial charge in [0.05, 0.1) is 0 Å². The van der Waals surface area contributed by atoms with E-state index in [0.29, 0.717) is 0 Å². The molecule has 0 aromatic rings. The molecule has 10 heteroatoms. The summed E-state index contributed by atoms with van der Waals surface area (Å²) in [5.41, 5.74) is 0. The molecule has 6 nitrogen and oxygen atoms in total. The van der Waals surface area contributed by atoms with Crippen molar-refractivity contribution in [2.24, 2.45) is 0 Å². The van der Waals surface area contributed by atoms with Gasteiger partial charge < -0.3 is 0 Å². The Morgan fingerprint density at radius 1 is 0.700 bits per heavy atom. The third-order valence-electron chi connectivity index (χ3n) is 0. The van der Waals surface area contributed by atoms with Gasteiger partial charge in [0.2, 0.25) is 0 Å². The van der Waals surface area contributed by atoms with Crippen molar-refractivity contribution in [3.05, 3.63) is 0 Å². The van der Waals surface area contributed by atoms with Gasteiger partial charge in [-0.2, -0.15) is 0 Å². The Kier molecular flexibility index (Phi) is 168. The Bertz CT molecular complexity index is 49.7. The van der Waals surface area contributed by atoms with Crippen LogP contribution in [0, 0.1) is 0 Å². The molecule has 0 N–H and O–H groups in total. The fourth-order valence-electron chi connectivity index (χ4n) is 0. The molecule has 0 unspecified atom stereocenters. The minimum atomic E-state index is -0.500. The fourth-order valence-corrected chi connectivity index (χ4v) is 0. The van der Waals surface area contributed by atoms with Crippen LogP contribution >= 0.6 is 0 Å². The van der Waals surface area contributed by atoms with Crippen LogP contribution in [0.25, 0.3) is 0 Å². The van der Waals surface area contributed by atoms with Crippen molar-refractivity contribution in [2.75, 3.05) is 0 Å². The zero-order valence-electron chi connectivity index (χ0n) is 4.63. The molecule has 1 radical (unpaired) electrons. The van der Waals surface area contributed by atoms with Crippen LogP contribution in [-0.2, 0) is 32.7 Å². The summed E-state index contributed by atoms with van der Waals surface area (Å²) in [7, 11) is -1.50. The molecule has 0 aliphatic heterocycles. The Morgan fingerprint density at radius 2 is 0.700 bits per heavy atom. The molecule has 53 valence electrons. The topological polar surface area (TPSA) is 120 Å². The zero-order valence-corrected chi connectivity index (χ0v) is 6.03. The third-order valence-corrected chi connectivity index (χ3v) is 0. The summed E-state index contributed by atoms with van der Waals surface area (Å²) < 4.78 is 24.8. The Labute approximate surface area is 70.4 Å². The molecule has 0 saturated carbocycles. The van der Waals surface area contributed by atoms with Gasteiger partial charge in [-0.15, -0.1) is 0 Å². The summed E-state index contributed by atoms with van der Waals surface area (Å²) in [4.78, 5) is 0. The summed E-state index contributed by atoms with van der Waals surface area (Å²) in [5.74, 6) is 0. The number of rotatable bonds is 0. The molecule has 0 fully saturated rings. The van der Waals surface area contributed by atoms with E-state index in [9.17, 15) is 0 Å². The molecule has 10 heavy (non-hydrogen) atoms. The predicted molar refractivity (Wildman–Crippen MR) is 19.3 cm³/mol. The van der Waals surface area contributed by atoms with Crippen molar-refractivity contribution in [3.63, 3.8) is 0 Å². The van der Waals surface area contributed by atoms with E-state index in [1.807, 2.05) is 0 Å². The minimum absolute atomic E-state index is 0. The van der Waals surface area contributed by atoms with Gasteiger partial charge >= 0.3 is 51.2 Å². The Hall–Kier alpha value is -0.421. The summed E-state index contributed by atoms with van der Waals surface area (Å²) in [6, 6.07) is 0. The fraction of sp³-hybridized carbons (Fsp3) is 0. The van der Waals surface area contributed by atoms with E-state index in [1.54, 1.807) is 0 Å². The Balaban J connectivity index is -0.0000000257. The predicted octanol–water partition coefficient (Wildman–Crippen LogP) is -5.07. The molecule has 0 bridgehead atoms. The van der Waals surface area contributed by atoms with E-state index in [-0.39, 0.29) is 18.6 Å². The molecule has 0 heterocycles. The molecule has 0 spiro atoms. The Morgan fingerprint density at radius 3 is 0.700 bits per heavy atom. The van der Waals surface area contributed by atoms with Crippen molar-refractivity contribution < 1.29 is 47.7 Å². The van der Waals surface area contributed by atoms with Crippen LogP contribution in [0.4, 0.5) is 0 Å². The SMILES string of the molecule is O=B[O-].O=B[O-].O=B[O-].[V]. The second-order valence-electron chi connectivity index (χ2n) is 0.289. The maximum atomic E-state index is 8.25. The quantitative estimate of drug-likeness (QED) is 0.343. The van der Waals surface area contributed by atoms with Gasteiger partial charge in [0.1, 0.15) is 0 Å². The second-order valence-corrected chi connectivity index (χ2v) is 0.289. The van der Waals surface area contributed by atoms with Crippen LogP contribution in [0.1, 0.15) is 0 Å². The number of hydrogen-bond donors (Lipinski definition) is 0. The third kappa shape index (κ3) is 1850. The van der Waals surface area contributed by atoms with E-state index in [4.69, 9.17) is 29.2 Å². The monoisotopic (exact) mass is 180 g/mol. The van der Waals surface area contributed by atoms with Crippen molar-refractivity contribution in [1.29, 1.82) is 0 Å². The minimum Gasteiger partial charge on any atom is 0 e. The van der Waals surface area contributed by atoms with Crippen LogP contribution in [-0.4, -0.2) is 22.1 Å². The molecule has 0 aromatic heterocycles. The molecule has 0 aliphatic carbocycles. The van der Waals surface area contributed by atoms with Gasteiger partial charge in [-0.25, -0.2) is 0 Å². The average molecular weight is 179 g/mol. The zero-order chi connectivity index (χ0) is 8.12. The second kappa shape index (κ2) is 74.1. The van der Waals surface area contributed by atoms with Gasteiger partial charge in [0, 0.05) is 18.6 Å². The first-order valence-electron chi connectivity index (χ1n) is 1.41. The van der Waals surface area contributed by atoms with Crippen molar-refractivity contribution in [1.82, 2.24) is 0 Å². The normalized spacial score (nSPS) is 2.40. The molecular weight excluding hydrogens is 179 g/mol. The molecule has 0 aliphatic rings. The first kappa shape index (κ1) is 22.7. The summed E-state index contributed by atoms with van der Waals surface area (Å²) in [6.07, 6.45) is 0. The van der Waals surface area contributed by atoms with Crippen LogP contribution in [0.3, 0.4) is 0 Å². The van der Waals surface area contributed by atoms with E-state index < -0.39 is 22.1 Å². The molecular formula is B3O6V-3. The van der Waals surface area contributed by atoms with Crippen molar-refractivity contribution in [2.45, 2.75) is 0 Å². The van der Waals surface area contributed by atoms with E-state index in [1.165, 1.54) is 0 Å². The summed E-state index contributed by atoms with van der Waals surface area (Å²) in [6.45, 7) is 0. The molecule has 0 saturated heterocycles. The average Bonchev–Trinajstić information content (AvgIpc) is 1.70.